The van der Waals surface area contributed by atoms with Gasteiger partial charge >= 0.3 is 6.61 Å². The van der Waals surface area contributed by atoms with Crippen molar-refractivity contribution in [3.63, 3.8) is 0 Å². The predicted octanol–water partition coefficient (Wildman–Crippen LogP) is 3.50. The number of amides is 2. The van der Waals surface area contributed by atoms with Crippen molar-refractivity contribution in [1.82, 2.24) is 10.2 Å². The largest absolute Gasteiger partial charge is 0.435 e. The van der Waals surface area contributed by atoms with Gasteiger partial charge in [0.25, 0.3) is 5.91 Å². The SMILES string of the molecule is O=C(NCC(=O)N1CCC(Cc2ccccc2)CC1)c1cccc(OC(F)F)c1. The molecule has 0 atom stereocenters. The topological polar surface area (TPSA) is 58.6 Å². The van der Waals surface area contributed by atoms with Gasteiger partial charge in [-0.05, 0) is 48.9 Å². The van der Waals surface area contributed by atoms with Crippen LogP contribution < -0.4 is 10.1 Å². The summed E-state index contributed by atoms with van der Waals surface area (Å²) in [5.41, 5.74) is 1.47. The molecule has 0 saturated carbocycles. The number of rotatable bonds is 7. The number of nitrogens with zero attached hydrogens (tertiary/aromatic N) is 1. The number of ether oxygens (including phenoxy) is 1. The van der Waals surface area contributed by atoms with Gasteiger partial charge in [0.15, 0.2) is 0 Å². The Morgan fingerprint density at radius 1 is 1.07 bits per heavy atom. The van der Waals surface area contributed by atoms with E-state index >= 15 is 0 Å². The summed E-state index contributed by atoms with van der Waals surface area (Å²) >= 11 is 0. The van der Waals surface area contributed by atoms with E-state index in [-0.39, 0.29) is 23.8 Å². The summed E-state index contributed by atoms with van der Waals surface area (Å²) in [5.74, 6) is -0.193. The van der Waals surface area contributed by atoms with Crippen molar-refractivity contribution in [2.75, 3.05) is 19.6 Å². The summed E-state index contributed by atoms with van der Waals surface area (Å²) in [5, 5.41) is 2.55. The number of piperidine rings is 1. The standard InChI is InChI=1S/C22H24F2N2O3/c23-22(24)29-19-8-4-7-18(14-19)21(28)25-15-20(27)26-11-9-17(10-12-26)13-16-5-2-1-3-6-16/h1-8,14,17,22H,9-13,15H2,(H,25,28). The van der Waals surface area contributed by atoms with Crippen LogP contribution in [0.15, 0.2) is 54.6 Å². The zero-order valence-corrected chi connectivity index (χ0v) is 16.0. The Balaban J connectivity index is 1.43. The fraction of sp³-hybridized carbons (Fsp3) is 0.364. The van der Waals surface area contributed by atoms with E-state index in [4.69, 9.17) is 0 Å². The highest BCUT2D eigenvalue weighted by Gasteiger charge is 2.23. The van der Waals surface area contributed by atoms with Crippen LogP contribution >= 0.6 is 0 Å². The second-order valence-corrected chi connectivity index (χ2v) is 7.10. The van der Waals surface area contributed by atoms with Gasteiger partial charge in [-0.3, -0.25) is 9.59 Å². The van der Waals surface area contributed by atoms with E-state index in [1.807, 2.05) is 18.2 Å². The summed E-state index contributed by atoms with van der Waals surface area (Å²) in [6.07, 6.45) is 2.87. The van der Waals surface area contributed by atoms with E-state index < -0.39 is 12.5 Å². The molecule has 7 heteroatoms. The van der Waals surface area contributed by atoms with Gasteiger partial charge in [0, 0.05) is 18.7 Å². The van der Waals surface area contributed by atoms with Gasteiger partial charge in [-0.25, -0.2) is 0 Å². The number of nitrogens with one attached hydrogen (secondary N) is 1. The van der Waals surface area contributed by atoms with Gasteiger partial charge in [-0.1, -0.05) is 36.4 Å². The summed E-state index contributed by atoms with van der Waals surface area (Å²) in [6, 6.07) is 15.8. The third-order valence-corrected chi connectivity index (χ3v) is 5.06. The normalized spacial score (nSPS) is 14.7. The van der Waals surface area contributed by atoms with Crippen molar-refractivity contribution in [2.24, 2.45) is 5.92 Å². The van der Waals surface area contributed by atoms with Crippen molar-refractivity contribution >= 4 is 11.8 Å². The number of benzene rings is 2. The smallest absolute Gasteiger partial charge is 0.387 e. The molecule has 0 aliphatic carbocycles. The van der Waals surface area contributed by atoms with Crippen LogP contribution in [0.2, 0.25) is 0 Å². The Bertz CT molecular complexity index is 822. The molecule has 0 spiro atoms. The van der Waals surface area contributed by atoms with E-state index in [0.29, 0.717) is 19.0 Å². The van der Waals surface area contributed by atoms with E-state index in [1.165, 1.54) is 29.8 Å². The van der Waals surface area contributed by atoms with Crippen molar-refractivity contribution in [3.8, 4) is 5.75 Å². The molecule has 2 aromatic rings. The predicted molar refractivity (Wildman–Crippen MR) is 105 cm³/mol. The lowest BCUT2D eigenvalue weighted by molar-refractivity contribution is -0.131. The van der Waals surface area contributed by atoms with Crippen molar-refractivity contribution in [2.45, 2.75) is 25.9 Å². The minimum atomic E-state index is -2.96. The highest BCUT2D eigenvalue weighted by atomic mass is 19.3. The average Bonchev–Trinajstić information content (AvgIpc) is 2.73. The second-order valence-electron chi connectivity index (χ2n) is 7.10. The number of likely N-dealkylation sites (tertiary alicyclic amines) is 1. The molecule has 1 aliphatic rings. The van der Waals surface area contributed by atoms with Gasteiger partial charge in [0.2, 0.25) is 5.91 Å². The molecule has 1 fully saturated rings. The van der Waals surface area contributed by atoms with E-state index in [0.717, 1.165) is 19.3 Å². The molecule has 2 amide bonds. The first kappa shape index (κ1) is 20.8. The molecule has 0 radical (unpaired) electrons. The molecule has 3 rings (SSSR count). The fourth-order valence-corrected chi connectivity index (χ4v) is 3.52. The maximum Gasteiger partial charge on any atom is 0.387 e. The van der Waals surface area contributed by atoms with Crippen LogP contribution in [-0.2, 0) is 11.2 Å². The van der Waals surface area contributed by atoms with Gasteiger partial charge in [-0.15, -0.1) is 0 Å². The summed E-state index contributed by atoms with van der Waals surface area (Å²) in [4.78, 5) is 26.4. The van der Waals surface area contributed by atoms with Crippen molar-refractivity contribution < 1.29 is 23.1 Å². The van der Waals surface area contributed by atoms with Crippen LogP contribution in [0, 0.1) is 5.92 Å². The number of carbonyl (C=O) groups excluding carboxylic acids is 2. The Hall–Kier alpha value is -2.96. The fourth-order valence-electron chi connectivity index (χ4n) is 3.52. The highest BCUT2D eigenvalue weighted by Crippen LogP contribution is 2.21. The molecule has 0 unspecified atom stereocenters. The molecule has 154 valence electrons. The number of hydrogen-bond acceptors (Lipinski definition) is 3. The van der Waals surface area contributed by atoms with Crippen molar-refractivity contribution in [3.05, 3.63) is 65.7 Å². The molecule has 0 bridgehead atoms. The number of alkyl halides is 2. The third kappa shape index (κ3) is 6.27. The Labute approximate surface area is 168 Å². The zero-order valence-electron chi connectivity index (χ0n) is 16.0. The molecular weight excluding hydrogens is 378 g/mol. The lowest BCUT2D eigenvalue weighted by atomic mass is 9.90. The van der Waals surface area contributed by atoms with Crippen LogP contribution in [0.3, 0.4) is 0 Å². The first-order valence-electron chi connectivity index (χ1n) is 9.66. The molecular formula is C22H24F2N2O3. The van der Waals surface area contributed by atoms with Crippen LogP contribution in [0.1, 0.15) is 28.8 Å². The van der Waals surface area contributed by atoms with Crippen LogP contribution in [0.5, 0.6) is 5.75 Å². The quantitative estimate of drug-likeness (QED) is 0.771. The minimum absolute atomic E-state index is 0.0977. The van der Waals surface area contributed by atoms with E-state index in [9.17, 15) is 18.4 Å². The number of halogens is 2. The molecule has 1 heterocycles. The van der Waals surface area contributed by atoms with E-state index in [1.54, 1.807) is 4.90 Å². The Kier molecular flexibility index (Phi) is 7.16. The van der Waals surface area contributed by atoms with Crippen LogP contribution in [-0.4, -0.2) is 43.0 Å². The van der Waals surface area contributed by atoms with Crippen LogP contribution in [0.4, 0.5) is 8.78 Å². The lowest BCUT2D eigenvalue weighted by Crippen LogP contribution is -2.44. The maximum absolute atomic E-state index is 12.4. The monoisotopic (exact) mass is 402 g/mol. The first-order valence-corrected chi connectivity index (χ1v) is 9.66. The minimum Gasteiger partial charge on any atom is -0.435 e. The molecule has 1 aliphatic heterocycles. The molecule has 1 saturated heterocycles. The van der Waals surface area contributed by atoms with E-state index in [2.05, 4.69) is 22.2 Å². The average molecular weight is 402 g/mol. The highest BCUT2D eigenvalue weighted by molar-refractivity contribution is 5.96. The zero-order chi connectivity index (χ0) is 20.6. The molecule has 0 aromatic heterocycles. The summed E-state index contributed by atoms with van der Waals surface area (Å²) in [6.45, 7) is -1.74. The molecule has 29 heavy (non-hydrogen) atoms. The molecule has 5 nitrogen and oxygen atoms in total. The second kappa shape index (κ2) is 10.0. The van der Waals surface area contributed by atoms with Crippen LogP contribution in [0.25, 0.3) is 0 Å². The number of carbonyl (C=O) groups is 2. The lowest BCUT2D eigenvalue weighted by Gasteiger charge is -2.32. The van der Waals surface area contributed by atoms with Gasteiger partial charge < -0.3 is 15.0 Å². The number of hydrogen-bond donors (Lipinski definition) is 1. The summed E-state index contributed by atoms with van der Waals surface area (Å²) in [7, 11) is 0. The van der Waals surface area contributed by atoms with Gasteiger partial charge in [-0.2, -0.15) is 8.78 Å². The first-order chi connectivity index (χ1) is 14.0. The maximum atomic E-state index is 12.4. The van der Waals surface area contributed by atoms with Gasteiger partial charge in [0.1, 0.15) is 5.75 Å². The third-order valence-electron chi connectivity index (χ3n) is 5.06. The molecule has 2 aromatic carbocycles. The molecule has 1 N–H and O–H groups in total. The van der Waals surface area contributed by atoms with Crippen molar-refractivity contribution in [1.29, 1.82) is 0 Å². The van der Waals surface area contributed by atoms with Gasteiger partial charge in [0.05, 0.1) is 6.54 Å². The Morgan fingerprint density at radius 2 is 1.79 bits per heavy atom. The summed E-state index contributed by atoms with van der Waals surface area (Å²) < 4.78 is 28.9. The Morgan fingerprint density at radius 3 is 2.48 bits per heavy atom.